The number of pyridine rings is 1. The van der Waals surface area contributed by atoms with E-state index in [1.807, 2.05) is 6.07 Å². The highest BCUT2D eigenvalue weighted by molar-refractivity contribution is 6.31. The number of anilines is 1. The van der Waals surface area contributed by atoms with Crippen LogP contribution in [0.1, 0.15) is 36.8 Å². The molecule has 0 bridgehead atoms. The smallest absolute Gasteiger partial charge is 0.238 e. The van der Waals surface area contributed by atoms with E-state index in [4.69, 9.17) is 27.9 Å². The van der Waals surface area contributed by atoms with Crippen LogP contribution in [-0.2, 0) is 14.9 Å². The Labute approximate surface area is 250 Å². The number of carbonyl (C=O) groups is 1. The average Bonchev–Trinajstić information content (AvgIpc) is 3.29. The van der Waals surface area contributed by atoms with Gasteiger partial charge >= 0.3 is 0 Å². The molecule has 8 rings (SSSR count). The fourth-order valence-corrected chi connectivity index (χ4v) is 9.82. The first kappa shape index (κ1) is 27.2. The number of alkyl halides is 2. The Morgan fingerprint density at radius 1 is 1.26 bits per heavy atom. The zero-order chi connectivity index (χ0) is 29.3. The Morgan fingerprint density at radius 2 is 2.05 bits per heavy atom. The van der Waals surface area contributed by atoms with Crippen molar-refractivity contribution in [1.29, 1.82) is 0 Å². The van der Waals surface area contributed by atoms with Gasteiger partial charge < -0.3 is 20.5 Å². The predicted molar refractivity (Wildman–Crippen MR) is 149 cm³/mol. The number of aliphatic hydroxyl groups is 1. The van der Waals surface area contributed by atoms with Gasteiger partial charge in [0.2, 0.25) is 5.91 Å². The molecule has 4 fully saturated rings. The van der Waals surface area contributed by atoms with Crippen molar-refractivity contribution < 1.29 is 27.8 Å². The third kappa shape index (κ3) is 2.96. The van der Waals surface area contributed by atoms with Gasteiger partial charge in [0.25, 0.3) is 0 Å². The second-order valence-electron chi connectivity index (χ2n) is 12.8. The summed E-state index contributed by atoms with van der Waals surface area (Å²) >= 11 is 12.6. The Bertz CT molecular complexity index is 1570. The standard InChI is InChI=1S/C30H29Cl2F3N4O3/c1-13(40)20-6-14-8-39-23(27(41)38-19(14)9-42-20)21(16-4-5-36-26(32)22(16)35)30-17-3-2-15(31)7-18(17)37-25(30)24-28(11-33,12-34)10-29(24,30)39/h2-5,7,13-14,19-21,23,37,40H,6,8-12H2,1H3,(H,38,41)/t13-,14?,19?,20+,21?,23-,29?,30?/m1/s1. The molecule has 2 aromatic rings. The van der Waals surface area contributed by atoms with Gasteiger partial charge in [-0.25, -0.2) is 9.37 Å². The largest absolute Gasteiger partial charge is 0.391 e. The first-order valence-corrected chi connectivity index (χ1v) is 15.0. The van der Waals surface area contributed by atoms with Gasteiger partial charge in [0.05, 0.1) is 47.3 Å². The lowest BCUT2D eigenvalue weighted by molar-refractivity contribution is -0.129. The van der Waals surface area contributed by atoms with Gasteiger partial charge in [-0.05, 0) is 60.6 Å². The third-order valence-corrected chi connectivity index (χ3v) is 11.5. The van der Waals surface area contributed by atoms with E-state index in [1.54, 1.807) is 25.1 Å². The Morgan fingerprint density at radius 3 is 2.79 bits per heavy atom. The lowest BCUT2D eigenvalue weighted by Crippen LogP contribution is -2.78. The second kappa shape index (κ2) is 8.85. The van der Waals surface area contributed by atoms with E-state index in [0.717, 1.165) is 5.56 Å². The van der Waals surface area contributed by atoms with Crippen LogP contribution in [-0.4, -0.2) is 77.2 Å². The van der Waals surface area contributed by atoms with Crippen molar-refractivity contribution in [2.24, 2.45) is 11.3 Å². The van der Waals surface area contributed by atoms with E-state index in [1.165, 1.54) is 6.20 Å². The molecule has 1 aromatic carbocycles. The van der Waals surface area contributed by atoms with Crippen LogP contribution in [0.15, 0.2) is 41.7 Å². The van der Waals surface area contributed by atoms with E-state index in [2.05, 4.69) is 20.5 Å². The molecule has 4 aliphatic heterocycles. The topological polar surface area (TPSA) is 86.7 Å². The molecule has 7 nitrogen and oxygen atoms in total. The normalized spacial score (nSPS) is 37.9. The number of nitrogens with zero attached hydrogens (tertiary/aromatic N) is 2. The van der Waals surface area contributed by atoms with Crippen LogP contribution >= 0.6 is 23.2 Å². The number of fused-ring (bicyclic) bond motifs is 3. The summed E-state index contributed by atoms with van der Waals surface area (Å²) in [6, 6.07) is 5.72. The lowest BCUT2D eigenvalue weighted by atomic mass is 9.34. The minimum atomic E-state index is -1.34. The van der Waals surface area contributed by atoms with E-state index >= 15 is 4.39 Å². The third-order valence-electron chi connectivity index (χ3n) is 11.0. The maximum absolute atomic E-state index is 16.0. The van der Waals surface area contributed by atoms with Gasteiger partial charge in [0.15, 0.2) is 11.0 Å². The SMILES string of the molecule is C[C@@H](O)[C@@H]1CC2CN3[C@@H](C(=O)NC2CO1)C(c1ccnc(Cl)c1F)C12C(=C4C(CF)(CF)CC431)Nc1cc(Cl)ccc12. The number of carbonyl (C=O) groups excluding carboxylic acids is 1. The molecule has 1 aromatic heterocycles. The van der Waals surface area contributed by atoms with Crippen molar-refractivity contribution >= 4 is 34.8 Å². The fourth-order valence-electron chi connectivity index (χ4n) is 9.49. The molecule has 3 saturated heterocycles. The maximum Gasteiger partial charge on any atom is 0.238 e. The minimum absolute atomic E-state index is 0.113. The van der Waals surface area contributed by atoms with Crippen molar-refractivity contribution in [3.05, 3.63) is 68.9 Å². The summed E-state index contributed by atoms with van der Waals surface area (Å²) in [6.07, 6.45) is 0.915. The van der Waals surface area contributed by atoms with Crippen LogP contribution in [0.5, 0.6) is 0 Å². The van der Waals surface area contributed by atoms with Crippen LogP contribution in [0.25, 0.3) is 0 Å². The monoisotopic (exact) mass is 620 g/mol. The Hall–Kier alpha value is -2.37. The number of amides is 1. The minimum Gasteiger partial charge on any atom is -0.391 e. The number of hydrogen-bond acceptors (Lipinski definition) is 6. The molecule has 5 heterocycles. The summed E-state index contributed by atoms with van der Waals surface area (Å²) in [5, 5.41) is 17.1. The zero-order valence-electron chi connectivity index (χ0n) is 22.6. The molecular formula is C30H29Cl2F3N4O3. The number of ether oxygens (including phenoxy) is 1. The zero-order valence-corrected chi connectivity index (χ0v) is 24.2. The number of benzene rings is 1. The quantitative estimate of drug-likeness (QED) is 0.443. The number of nitrogens with one attached hydrogen (secondary N) is 2. The number of rotatable bonds is 4. The van der Waals surface area contributed by atoms with Crippen LogP contribution in [0, 0.1) is 17.2 Å². The van der Waals surface area contributed by atoms with Gasteiger partial charge in [-0.3, -0.25) is 18.5 Å². The van der Waals surface area contributed by atoms with Crippen molar-refractivity contribution in [3.63, 3.8) is 0 Å². The summed E-state index contributed by atoms with van der Waals surface area (Å²) in [5.74, 6) is -1.94. The summed E-state index contributed by atoms with van der Waals surface area (Å²) in [5.41, 5.74) is -0.381. The maximum atomic E-state index is 16.0. The van der Waals surface area contributed by atoms with Crippen LogP contribution in [0.4, 0.5) is 18.9 Å². The average molecular weight is 621 g/mol. The van der Waals surface area contributed by atoms with Gasteiger partial charge in [-0.2, -0.15) is 0 Å². The Balaban J connectivity index is 1.40. The van der Waals surface area contributed by atoms with Crippen molar-refractivity contribution in [2.45, 2.75) is 60.9 Å². The van der Waals surface area contributed by atoms with Crippen LogP contribution in [0.2, 0.25) is 10.2 Å². The lowest BCUT2D eigenvalue weighted by Gasteiger charge is -2.72. The highest BCUT2D eigenvalue weighted by atomic mass is 35.5. The van der Waals surface area contributed by atoms with Gasteiger partial charge in [0.1, 0.15) is 13.3 Å². The number of aliphatic hydroxyl groups excluding tert-OH is 1. The van der Waals surface area contributed by atoms with Crippen molar-refractivity contribution in [1.82, 2.24) is 15.2 Å². The molecule has 8 atom stereocenters. The molecule has 12 heteroatoms. The van der Waals surface area contributed by atoms with Gasteiger partial charge in [0, 0.05) is 35.1 Å². The van der Waals surface area contributed by atoms with E-state index in [0.29, 0.717) is 34.9 Å². The molecule has 3 N–H and O–H groups in total. The van der Waals surface area contributed by atoms with E-state index in [-0.39, 0.29) is 41.6 Å². The molecule has 6 aliphatic rings. The summed E-state index contributed by atoms with van der Waals surface area (Å²) in [7, 11) is 0. The van der Waals surface area contributed by atoms with Crippen molar-refractivity contribution in [2.75, 3.05) is 31.8 Å². The van der Waals surface area contributed by atoms with Crippen LogP contribution < -0.4 is 10.6 Å². The van der Waals surface area contributed by atoms with Gasteiger partial charge in [-0.1, -0.05) is 29.3 Å². The highest BCUT2D eigenvalue weighted by Gasteiger charge is 2.88. The molecule has 2 aliphatic carbocycles. The number of aromatic nitrogens is 1. The molecule has 2 spiro atoms. The summed E-state index contributed by atoms with van der Waals surface area (Å²) in [4.78, 5) is 20.4. The number of halogens is 5. The molecule has 1 saturated carbocycles. The van der Waals surface area contributed by atoms with Crippen LogP contribution in [0.3, 0.4) is 0 Å². The summed E-state index contributed by atoms with van der Waals surface area (Å²) < 4.78 is 51.6. The summed E-state index contributed by atoms with van der Waals surface area (Å²) in [6.45, 7) is 0.502. The Kier molecular flexibility index (Phi) is 5.73. The van der Waals surface area contributed by atoms with Crippen molar-refractivity contribution in [3.8, 4) is 0 Å². The molecule has 1 amide bonds. The highest BCUT2D eigenvalue weighted by Crippen LogP contribution is 2.83. The van der Waals surface area contributed by atoms with Gasteiger partial charge in [-0.15, -0.1) is 0 Å². The van der Waals surface area contributed by atoms with E-state index < -0.39 is 59.7 Å². The molecule has 0 radical (unpaired) electrons. The van der Waals surface area contributed by atoms with E-state index in [9.17, 15) is 18.7 Å². The fraction of sp³-hybridized carbons (Fsp3) is 0.533. The molecule has 5 unspecified atom stereocenters. The molecule has 222 valence electrons. The second-order valence-corrected chi connectivity index (χ2v) is 13.6. The first-order chi connectivity index (χ1) is 20.1. The molecular weight excluding hydrogens is 592 g/mol. The molecule has 42 heavy (non-hydrogen) atoms. The number of hydrogen-bond donors (Lipinski definition) is 3. The first-order valence-electron chi connectivity index (χ1n) is 14.3. The predicted octanol–water partition coefficient (Wildman–Crippen LogP) is 4.28.